The van der Waals surface area contributed by atoms with Gasteiger partial charge in [0, 0.05) is 11.5 Å². The number of ketones is 1. The molecule has 3 aliphatic rings. The van der Waals surface area contributed by atoms with Crippen LogP contribution in [0.5, 0.6) is 0 Å². The fraction of sp³-hybridized carbons (Fsp3) is 0.444. The highest BCUT2D eigenvalue weighted by Gasteiger charge is 2.63. The van der Waals surface area contributed by atoms with Gasteiger partial charge in [-0.05, 0) is 66.4 Å². The lowest BCUT2D eigenvalue weighted by Gasteiger charge is -2.58. The van der Waals surface area contributed by atoms with Crippen LogP contribution in [0.25, 0.3) is 0 Å². The minimum absolute atomic E-state index is 0.0301. The third-order valence-electron chi connectivity index (χ3n) is 8.05. The van der Waals surface area contributed by atoms with E-state index < -0.39 is 29.3 Å². The van der Waals surface area contributed by atoms with Gasteiger partial charge in [-0.25, -0.2) is 4.79 Å². The van der Waals surface area contributed by atoms with Gasteiger partial charge in [-0.2, -0.15) is 0 Å². The molecule has 1 saturated carbocycles. The van der Waals surface area contributed by atoms with Gasteiger partial charge in [0.05, 0.1) is 30.6 Å². The molecule has 2 fully saturated rings. The van der Waals surface area contributed by atoms with Crippen molar-refractivity contribution < 1.29 is 33.4 Å². The number of esters is 2. The van der Waals surface area contributed by atoms with Crippen LogP contribution in [-0.2, 0) is 25.7 Å². The van der Waals surface area contributed by atoms with Crippen molar-refractivity contribution in [1.29, 1.82) is 0 Å². The standard InChI is InChI=1S/C27H28O7/c1-26-9-6-19-25(31)34-21(18-8-11-32-15-18)13-27(19,2)23(26)22(29)20(7-10-26)33-24(30)17-5-3-4-16(12-17)14-28/h3-5,7-8,11-12,15,19,21,23,28H,6,9-10,13-14H2,1-2H3/t19-,21-,23-,26-,27-/m0/s1. The smallest absolute Gasteiger partial charge is 0.343 e. The predicted molar refractivity (Wildman–Crippen MR) is 120 cm³/mol. The first kappa shape index (κ1) is 22.6. The Morgan fingerprint density at radius 3 is 2.79 bits per heavy atom. The number of carbonyl (C=O) groups excluding carboxylic acids is 3. The fourth-order valence-electron chi connectivity index (χ4n) is 6.35. The van der Waals surface area contributed by atoms with E-state index in [1.165, 1.54) is 0 Å². The van der Waals surface area contributed by atoms with Crippen LogP contribution in [-0.4, -0.2) is 22.8 Å². The molecule has 1 aromatic heterocycles. The number of allylic oxidation sites excluding steroid dienone is 2. The minimum Gasteiger partial charge on any atom is -0.472 e. The van der Waals surface area contributed by atoms with Crippen LogP contribution in [0.2, 0.25) is 0 Å². The highest BCUT2D eigenvalue weighted by atomic mass is 16.5. The van der Waals surface area contributed by atoms with E-state index in [9.17, 15) is 19.5 Å². The number of hydrogen-bond donors (Lipinski definition) is 1. The molecular formula is C27H28O7. The Kier molecular flexibility index (Phi) is 5.47. The largest absolute Gasteiger partial charge is 0.472 e. The average molecular weight is 465 g/mol. The number of cyclic esters (lactones) is 1. The molecule has 5 rings (SSSR count). The molecule has 0 unspecified atom stereocenters. The minimum atomic E-state index is -0.649. The number of benzene rings is 1. The van der Waals surface area contributed by atoms with Crippen LogP contribution in [0.1, 0.15) is 67.1 Å². The molecule has 0 spiro atoms. The third kappa shape index (κ3) is 3.59. The molecule has 0 bridgehead atoms. The molecule has 34 heavy (non-hydrogen) atoms. The zero-order valence-corrected chi connectivity index (χ0v) is 19.3. The van der Waals surface area contributed by atoms with Crippen molar-refractivity contribution in [3.63, 3.8) is 0 Å². The van der Waals surface area contributed by atoms with Gasteiger partial charge in [0.25, 0.3) is 0 Å². The highest BCUT2D eigenvalue weighted by Crippen LogP contribution is 2.63. The molecule has 1 aromatic carbocycles. The van der Waals surface area contributed by atoms with E-state index in [-0.39, 0.29) is 35.1 Å². The number of ether oxygens (including phenoxy) is 2. The van der Waals surface area contributed by atoms with Gasteiger partial charge in [-0.15, -0.1) is 0 Å². The van der Waals surface area contributed by atoms with E-state index >= 15 is 0 Å². The fourth-order valence-corrected chi connectivity index (χ4v) is 6.35. The second-order valence-electron chi connectivity index (χ2n) is 10.3. The first-order valence-corrected chi connectivity index (χ1v) is 11.6. The van der Waals surface area contributed by atoms with E-state index in [0.717, 1.165) is 5.56 Å². The highest BCUT2D eigenvalue weighted by molar-refractivity contribution is 6.02. The first-order valence-electron chi connectivity index (χ1n) is 11.6. The Balaban J connectivity index is 1.45. The van der Waals surface area contributed by atoms with E-state index in [2.05, 4.69) is 6.92 Å². The lowest BCUT2D eigenvalue weighted by molar-refractivity contribution is -0.193. The maximum Gasteiger partial charge on any atom is 0.343 e. The molecule has 1 aliphatic heterocycles. The molecule has 0 amide bonds. The van der Waals surface area contributed by atoms with Gasteiger partial charge in [0.2, 0.25) is 5.78 Å². The molecule has 5 atom stereocenters. The summed E-state index contributed by atoms with van der Waals surface area (Å²) in [6.07, 6.45) is 6.79. The van der Waals surface area contributed by atoms with E-state index in [1.807, 2.05) is 6.92 Å². The SMILES string of the molecule is C[C@]12CC=C(OC(=O)c3cccc(CO)c3)C(=O)[C@@H]1[C@@]1(C)C[C@@H](c3ccoc3)OC(=O)[C@@H]1CC2. The molecule has 2 heterocycles. The normalized spacial score (nSPS) is 32.8. The van der Waals surface area contributed by atoms with Gasteiger partial charge < -0.3 is 19.0 Å². The van der Waals surface area contributed by atoms with Crippen molar-refractivity contribution in [1.82, 2.24) is 0 Å². The molecule has 7 heteroatoms. The summed E-state index contributed by atoms with van der Waals surface area (Å²) in [6, 6.07) is 8.27. The Morgan fingerprint density at radius 1 is 1.24 bits per heavy atom. The number of aliphatic hydroxyl groups is 1. The van der Waals surface area contributed by atoms with E-state index in [1.54, 1.807) is 48.9 Å². The number of hydrogen-bond acceptors (Lipinski definition) is 7. The van der Waals surface area contributed by atoms with Gasteiger partial charge in [0.15, 0.2) is 5.76 Å². The van der Waals surface area contributed by atoms with Crippen LogP contribution in [0.15, 0.2) is 59.1 Å². The Labute approximate surface area is 197 Å². The molecule has 7 nitrogen and oxygen atoms in total. The number of rotatable bonds is 4. The number of fused-ring (bicyclic) bond motifs is 3. The summed E-state index contributed by atoms with van der Waals surface area (Å²) in [5.74, 6) is -2.03. The quantitative estimate of drug-likeness (QED) is 0.664. The maximum atomic E-state index is 13.9. The molecule has 0 radical (unpaired) electrons. The van der Waals surface area contributed by atoms with Crippen molar-refractivity contribution in [2.75, 3.05) is 0 Å². The zero-order valence-electron chi connectivity index (χ0n) is 19.3. The van der Waals surface area contributed by atoms with Gasteiger partial charge in [0.1, 0.15) is 6.10 Å². The second-order valence-corrected chi connectivity index (χ2v) is 10.3. The molecular weight excluding hydrogens is 436 g/mol. The summed E-state index contributed by atoms with van der Waals surface area (Å²) in [7, 11) is 0. The molecule has 2 aromatic rings. The molecule has 1 saturated heterocycles. The number of aliphatic hydroxyl groups excluding tert-OH is 1. The van der Waals surface area contributed by atoms with Crippen molar-refractivity contribution in [3.8, 4) is 0 Å². The number of furan rings is 1. The predicted octanol–water partition coefficient (Wildman–Crippen LogP) is 4.51. The van der Waals surface area contributed by atoms with Gasteiger partial charge in [-0.1, -0.05) is 26.0 Å². The summed E-state index contributed by atoms with van der Waals surface area (Å²) in [5.41, 5.74) is 0.634. The van der Waals surface area contributed by atoms with Crippen LogP contribution in [0.4, 0.5) is 0 Å². The Hall–Kier alpha value is -3.19. The Morgan fingerprint density at radius 2 is 2.06 bits per heavy atom. The van der Waals surface area contributed by atoms with Crippen molar-refractivity contribution in [3.05, 3.63) is 71.4 Å². The van der Waals surface area contributed by atoms with Crippen molar-refractivity contribution in [2.45, 2.75) is 52.2 Å². The molecule has 1 N–H and O–H groups in total. The topological polar surface area (TPSA) is 103 Å². The third-order valence-corrected chi connectivity index (χ3v) is 8.05. The van der Waals surface area contributed by atoms with Gasteiger partial charge in [-0.3, -0.25) is 9.59 Å². The molecule has 2 aliphatic carbocycles. The average Bonchev–Trinajstić information content (AvgIpc) is 3.35. The van der Waals surface area contributed by atoms with Crippen LogP contribution < -0.4 is 0 Å². The van der Waals surface area contributed by atoms with E-state index in [0.29, 0.717) is 31.2 Å². The van der Waals surface area contributed by atoms with Crippen LogP contribution in [0, 0.1) is 22.7 Å². The van der Waals surface area contributed by atoms with Gasteiger partial charge >= 0.3 is 11.9 Å². The van der Waals surface area contributed by atoms with Crippen LogP contribution >= 0.6 is 0 Å². The number of Topliss-reactive ketones (excluding diaryl/α,β-unsaturated/α-hetero) is 1. The van der Waals surface area contributed by atoms with E-state index in [4.69, 9.17) is 13.9 Å². The summed E-state index contributed by atoms with van der Waals surface area (Å²) < 4.78 is 16.5. The first-order chi connectivity index (χ1) is 16.2. The summed E-state index contributed by atoms with van der Waals surface area (Å²) in [5, 5.41) is 9.35. The van der Waals surface area contributed by atoms with Crippen molar-refractivity contribution in [2.24, 2.45) is 22.7 Å². The lowest BCUT2D eigenvalue weighted by Crippen LogP contribution is -2.58. The second kappa shape index (κ2) is 8.24. The lowest BCUT2D eigenvalue weighted by atomic mass is 9.46. The summed E-state index contributed by atoms with van der Waals surface area (Å²) in [4.78, 5) is 39.7. The Bertz CT molecular complexity index is 1160. The maximum absolute atomic E-state index is 13.9. The summed E-state index contributed by atoms with van der Waals surface area (Å²) >= 11 is 0. The van der Waals surface area contributed by atoms with Crippen molar-refractivity contribution >= 4 is 17.7 Å². The van der Waals surface area contributed by atoms with Crippen LogP contribution in [0.3, 0.4) is 0 Å². The zero-order chi connectivity index (χ0) is 24.1. The summed E-state index contributed by atoms with van der Waals surface area (Å²) in [6.45, 7) is 3.89. The number of carbonyl (C=O) groups is 3. The molecule has 178 valence electrons. The monoisotopic (exact) mass is 464 g/mol.